The number of aromatic nitrogens is 2. The Hall–Kier alpha value is -1.57. The molecule has 108 valence electrons. The quantitative estimate of drug-likeness (QED) is 0.777. The predicted molar refractivity (Wildman–Crippen MR) is 86.2 cm³/mol. The Morgan fingerprint density at radius 1 is 0.950 bits per heavy atom. The van der Waals surface area contributed by atoms with Gasteiger partial charge in [0.15, 0.2) is 0 Å². The monoisotopic (exact) mass is 270 g/mol. The van der Waals surface area contributed by atoms with Crippen LogP contribution in [0.3, 0.4) is 0 Å². The Bertz CT molecular complexity index is 607. The molecule has 0 unspecified atom stereocenters. The highest BCUT2D eigenvalue weighted by Crippen LogP contribution is 2.30. The van der Waals surface area contributed by atoms with Crippen molar-refractivity contribution in [2.75, 3.05) is 0 Å². The molecule has 2 heteroatoms. The predicted octanol–water partition coefficient (Wildman–Crippen LogP) is 4.98. The van der Waals surface area contributed by atoms with Gasteiger partial charge in [0.2, 0.25) is 0 Å². The van der Waals surface area contributed by atoms with Crippen molar-refractivity contribution in [3.8, 4) is 11.3 Å². The number of aromatic amines is 1. The Balaban J connectivity index is 2.40. The molecule has 2 rings (SSSR count). The maximum absolute atomic E-state index is 4.51. The van der Waals surface area contributed by atoms with Gasteiger partial charge in [-0.05, 0) is 35.1 Å². The van der Waals surface area contributed by atoms with Gasteiger partial charge < -0.3 is 4.98 Å². The third-order valence-electron chi connectivity index (χ3n) is 3.63. The van der Waals surface area contributed by atoms with Gasteiger partial charge in [0.1, 0.15) is 5.82 Å². The minimum atomic E-state index is 0.0542. The standard InChI is InChI=1S/C18H26N2/c1-12-10-13(8-9-14(12)17(2,3)4)15-11-19-16(20-15)18(5,6)7/h8-11H,1-7H3,(H,19,20). The van der Waals surface area contributed by atoms with E-state index in [4.69, 9.17) is 0 Å². The first-order valence-corrected chi connectivity index (χ1v) is 7.26. The smallest absolute Gasteiger partial charge is 0.111 e. The number of aryl methyl sites for hydroxylation is 1. The highest BCUT2D eigenvalue weighted by atomic mass is 14.9. The molecule has 0 amide bonds. The first-order valence-electron chi connectivity index (χ1n) is 7.26. The molecule has 0 aliphatic rings. The van der Waals surface area contributed by atoms with Gasteiger partial charge in [0, 0.05) is 5.41 Å². The molecule has 20 heavy (non-hydrogen) atoms. The van der Waals surface area contributed by atoms with Crippen LogP contribution >= 0.6 is 0 Å². The molecule has 0 aliphatic carbocycles. The molecule has 2 aromatic rings. The number of rotatable bonds is 1. The minimum Gasteiger partial charge on any atom is -0.342 e. The SMILES string of the molecule is Cc1cc(-c2cnc(C(C)(C)C)[nH]2)ccc1C(C)(C)C. The molecule has 0 saturated heterocycles. The second-order valence-corrected chi connectivity index (χ2v) is 7.68. The fourth-order valence-electron chi connectivity index (χ4n) is 2.52. The van der Waals surface area contributed by atoms with Crippen LogP contribution in [0.5, 0.6) is 0 Å². The lowest BCUT2D eigenvalue weighted by atomic mass is 9.83. The molecule has 0 aliphatic heterocycles. The van der Waals surface area contributed by atoms with E-state index in [-0.39, 0.29) is 10.8 Å². The summed E-state index contributed by atoms with van der Waals surface area (Å²) in [5, 5.41) is 0. The van der Waals surface area contributed by atoms with Gasteiger partial charge in [-0.15, -0.1) is 0 Å². The lowest BCUT2D eigenvalue weighted by Gasteiger charge is -2.22. The van der Waals surface area contributed by atoms with E-state index in [1.165, 1.54) is 16.7 Å². The van der Waals surface area contributed by atoms with Crippen LogP contribution in [-0.4, -0.2) is 9.97 Å². The van der Waals surface area contributed by atoms with Crippen molar-refractivity contribution in [1.82, 2.24) is 9.97 Å². The zero-order chi connectivity index (χ0) is 15.1. The van der Waals surface area contributed by atoms with E-state index in [1.54, 1.807) is 0 Å². The number of hydrogen-bond donors (Lipinski definition) is 1. The molecule has 0 atom stereocenters. The van der Waals surface area contributed by atoms with Crippen LogP contribution in [0, 0.1) is 6.92 Å². The summed E-state index contributed by atoms with van der Waals surface area (Å²) in [7, 11) is 0. The van der Waals surface area contributed by atoms with Gasteiger partial charge in [-0.2, -0.15) is 0 Å². The first kappa shape index (κ1) is 14.8. The summed E-state index contributed by atoms with van der Waals surface area (Å²) in [6.07, 6.45) is 1.94. The fraction of sp³-hybridized carbons (Fsp3) is 0.500. The normalized spacial score (nSPS) is 12.8. The Labute approximate surface area is 122 Å². The molecule has 2 nitrogen and oxygen atoms in total. The van der Waals surface area contributed by atoms with Crippen LogP contribution in [-0.2, 0) is 10.8 Å². The number of nitrogens with one attached hydrogen (secondary N) is 1. The van der Waals surface area contributed by atoms with Crippen molar-refractivity contribution in [2.24, 2.45) is 0 Å². The molecule has 0 spiro atoms. The van der Waals surface area contributed by atoms with Crippen molar-refractivity contribution in [1.29, 1.82) is 0 Å². The summed E-state index contributed by atoms with van der Waals surface area (Å²) in [5.74, 6) is 1.03. The number of H-pyrrole nitrogens is 1. The van der Waals surface area contributed by atoms with E-state index < -0.39 is 0 Å². The molecular formula is C18H26N2. The van der Waals surface area contributed by atoms with Crippen molar-refractivity contribution in [2.45, 2.75) is 59.3 Å². The number of imidazole rings is 1. The van der Waals surface area contributed by atoms with Crippen molar-refractivity contribution in [3.05, 3.63) is 41.3 Å². The van der Waals surface area contributed by atoms with Crippen LogP contribution in [0.25, 0.3) is 11.3 Å². The molecule has 0 bridgehead atoms. The van der Waals surface area contributed by atoms with Gasteiger partial charge >= 0.3 is 0 Å². The Morgan fingerprint density at radius 3 is 2.05 bits per heavy atom. The van der Waals surface area contributed by atoms with Gasteiger partial charge in [0.25, 0.3) is 0 Å². The summed E-state index contributed by atoms with van der Waals surface area (Å²) in [5.41, 5.74) is 5.28. The summed E-state index contributed by atoms with van der Waals surface area (Å²) < 4.78 is 0. The third-order valence-corrected chi connectivity index (χ3v) is 3.63. The summed E-state index contributed by atoms with van der Waals surface area (Å²) >= 11 is 0. The van der Waals surface area contributed by atoms with E-state index in [0.717, 1.165) is 11.5 Å². The van der Waals surface area contributed by atoms with E-state index in [1.807, 2.05) is 6.20 Å². The Morgan fingerprint density at radius 2 is 1.60 bits per heavy atom. The third kappa shape index (κ3) is 2.95. The second kappa shape index (κ2) is 4.76. The fourth-order valence-corrected chi connectivity index (χ4v) is 2.52. The van der Waals surface area contributed by atoms with Crippen LogP contribution in [0.2, 0.25) is 0 Å². The van der Waals surface area contributed by atoms with Crippen LogP contribution in [0.15, 0.2) is 24.4 Å². The highest BCUT2D eigenvalue weighted by molar-refractivity contribution is 5.61. The molecule has 1 aromatic heterocycles. The van der Waals surface area contributed by atoms with Crippen molar-refractivity contribution >= 4 is 0 Å². The average Bonchev–Trinajstić information content (AvgIpc) is 2.75. The number of hydrogen-bond acceptors (Lipinski definition) is 1. The first-order chi connectivity index (χ1) is 9.09. The largest absolute Gasteiger partial charge is 0.342 e. The van der Waals surface area contributed by atoms with Crippen LogP contribution in [0.1, 0.15) is 58.5 Å². The molecule has 1 heterocycles. The van der Waals surface area contributed by atoms with E-state index in [2.05, 4.69) is 76.6 Å². The number of nitrogens with zero attached hydrogens (tertiary/aromatic N) is 1. The van der Waals surface area contributed by atoms with E-state index in [9.17, 15) is 0 Å². The second-order valence-electron chi connectivity index (χ2n) is 7.68. The summed E-state index contributed by atoms with van der Waals surface area (Å²) in [4.78, 5) is 7.95. The zero-order valence-electron chi connectivity index (χ0n) is 13.8. The van der Waals surface area contributed by atoms with E-state index in [0.29, 0.717) is 0 Å². The minimum absolute atomic E-state index is 0.0542. The summed E-state index contributed by atoms with van der Waals surface area (Å²) in [6.45, 7) is 15.5. The Kier molecular flexibility index (Phi) is 3.53. The molecule has 1 aromatic carbocycles. The molecule has 0 saturated carbocycles. The van der Waals surface area contributed by atoms with Crippen molar-refractivity contribution < 1.29 is 0 Å². The molecule has 1 N–H and O–H groups in total. The van der Waals surface area contributed by atoms with Gasteiger partial charge in [0.05, 0.1) is 11.9 Å². The lowest BCUT2D eigenvalue weighted by molar-refractivity contribution is 0.553. The summed E-state index contributed by atoms with van der Waals surface area (Å²) in [6, 6.07) is 6.68. The average molecular weight is 270 g/mol. The molecular weight excluding hydrogens is 244 g/mol. The molecule has 0 fully saturated rings. The maximum Gasteiger partial charge on any atom is 0.111 e. The van der Waals surface area contributed by atoms with Gasteiger partial charge in [-0.25, -0.2) is 4.98 Å². The maximum atomic E-state index is 4.51. The van der Waals surface area contributed by atoms with Gasteiger partial charge in [-0.3, -0.25) is 0 Å². The van der Waals surface area contributed by atoms with E-state index >= 15 is 0 Å². The van der Waals surface area contributed by atoms with Crippen LogP contribution in [0.4, 0.5) is 0 Å². The number of benzene rings is 1. The van der Waals surface area contributed by atoms with Crippen molar-refractivity contribution in [3.63, 3.8) is 0 Å². The van der Waals surface area contributed by atoms with Gasteiger partial charge in [-0.1, -0.05) is 53.7 Å². The highest BCUT2D eigenvalue weighted by Gasteiger charge is 2.19. The lowest BCUT2D eigenvalue weighted by Crippen LogP contribution is -2.13. The topological polar surface area (TPSA) is 28.7 Å². The van der Waals surface area contributed by atoms with Crippen LogP contribution < -0.4 is 0 Å². The zero-order valence-corrected chi connectivity index (χ0v) is 13.8. The molecule has 0 radical (unpaired) electrons.